The van der Waals surface area contributed by atoms with Crippen molar-refractivity contribution >= 4 is 34.2 Å². The molecular weight excluding hydrogens is 364 g/mol. The van der Waals surface area contributed by atoms with Gasteiger partial charge in [0.25, 0.3) is 0 Å². The SMILES string of the molecule is CC1(N)CCCCC1C(=O)NC1CCc2cc(Br)ccc21.Cl. The maximum atomic E-state index is 12.6. The lowest BCUT2D eigenvalue weighted by molar-refractivity contribution is -0.128. The van der Waals surface area contributed by atoms with Gasteiger partial charge in [0.15, 0.2) is 0 Å². The van der Waals surface area contributed by atoms with Gasteiger partial charge < -0.3 is 11.1 Å². The van der Waals surface area contributed by atoms with E-state index < -0.39 is 0 Å². The first-order valence-electron chi connectivity index (χ1n) is 7.85. The molecule has 0 spiro atoms. The molecule has 3 N–H and O–H groups in total. The number of hydrogen-bond donors (Lipinski definition) is 2. The van der Waals surface area contributed by atoms with Gasteiger partial charge in [-0.05, 0) is 55.9 Å². The largest absolute Gasteiger partial charge is 0.349 e. The maximum absolute atomic E-state index is 12.6. The molecule has 2 aliphatic rings. The molecule has 0 aromatic heterocycles. The van der Waals surface area contributed by atoms with Crippen molar-refractivity contribution in [2.45, 2.75) is 57.0 Å². The molecule has 122 valence electrons. The van der Waals surface area contributed by atoms with Gasteiger partial charge in [-0.3, -0.25) is 4.79 Å². The third-order valence-electron chi connectivity index (χ3n) is 5.07. The van der Waals surface area contributed by atoms with E-state index in [0.29, 0.717) is 0 Å². The first-order valence-corrected chi connectivity index (χ1v) is 8.64. The highest BCUT2D eigenvalue weighted by Crippen LogP contribution is 2.35. The quantitative estimate of drug-likeness (QED) is 0.809. The van der Waals surface area contributed by atoms with Crippen molar-refractivity contribution in [3.05, 3.63) is 33.8 Å². The smallest absolute Gasteiger partial charge is 0.225 e. The van der Waals surface area contributed by atoms with Crippen LogP contribution in [0.25, 0.3) is 0 Å². The first kappa shape index (κ1) is 17.8. The highest BCUT2D eigenvalue weighted by Gasteiger charge is 2.39. The van der Waals surface area contributed by atoms with Crippen LogP contribution in [-0.2, 0) is 11.2 Å². The zero-order valence-corrected chi connectivity index (χ0v) is 15.3. The summed E-state index contributed by atoms with van der Waals surface area (Å²) >= 11 is 3.51. The number of amides is 1. The van der Waals surface area contributed by atoms with E-state index >= 15 is 0 Å². The fourth-order valence-electron chi connectivity index (χ4n) is 3.80. The summed E-state index contributed by atoms with van der Waals surface area (Å²) in [5, 5.41) is 3.25. The van der Waals surface area contributed by atoms with E-state index in [4.69, 9.17) is 5.73 Å². The summed E-state index contributed by atoms with van der Waals surface area (Å²) in [6.45, 7) is 2.02. The highest BCUT2D eigenvalue weighted by atomic mass is 79.9. The number of hydrogen-bond acceptors (Lipinski definition) is 2. The molecule has 1 aromatic rings. The Morgan fingerprint density at radius 2 is 2.14 bits per heavy atom. The van der Waals surface area contributed by atoms with Crippen LogP contribution in [0.15, 0.2) is 22.7 Å². The minimum absolute atomic E-state index is 0. The molecule has 0 aliphatic heterocycles. The third kappa shape index (κ3) is 3.50. The molecule has 22 heavy (non-hydrogen) atoms. The number of aryl methyl sites for hydroxylation is 1. The van der Waals surface area contributed by atoms with Crippen LogP contribution in [0.5, 0.6) is 0 Å². The molecule has 3 atom stereocenters. The van der Waals surface area contributed by atoms with Gasteiger partial charge in [0.2, 0.25) is 5.91 Å². The zero-order chi connectivity index (χ0) is 15.0. The molecule has 3 unspecified atom stereocenters. The normalized spacial score (nSPS) is 30.3. The Bertz CT molecular complexity index is 562. The standard InChI is InChI=1S/C17H23BrN2O.ClH/c1-17(19)9-3-2-4-14(17)16(21)20-15-8-5-11-10-12(18)6-7-13(11)15;/h6-7,10,14-15H,2-5,8-9,19H2,1H3,(H,20,21);1H. The van der Waals surface area contributed by atoms with Gasteiger partial charge in [-0.1, -0.05) is 34.8 Å². The Hall–Kier alpha value is -0.580. The summed E-state index contributed by atoms with van der Waals surface area (Å²) in [7, 11) is 0. The number of carbonyl (C=O) groups excluding carboxylic acids is 1. The molecule has 3 nitrogen and oxygen atoms in total. The van der Waals surface area contributed by atoms with E-state index in [2.05, 4.69) is 39.4 Å². The molecule has 1 aromatic carbocycles. The van der Waals surface area contributed by atoms with E-state index in [1.165, 1.54) is 11.1 Å². The molecule has 1 amide bonds. The lowest BCUT2D eigenvalue weighted by atomic mass is 9.74. The Kier molecular flexibility index (Phi) is 5.57. The van der Waals surface area contributed by atoms with Crippen LogP contribution >= 0.6 is 28.3 Å². The van der Waals surface area contributed by atoms with Crippen molar-refractivity contribution in [1.82, 2.24) is 5.32 Å². The molecule has 1 fully saturated rings. The molecule has 0 saturated heterocycles. The van der Waals surface area contributed by atoms with Gasteiger partial charge in [-0.15, -0.1) is 12.4 Å². The number of fused-ring (bicyclic) bond motifs is 1. The Balaban J connectivity index is 0.00000176. The molecule has 0 heterocycles. The van der Waals surface area contributed by atoms with Crippen LogP contribution in [0.4, 0.5) is 0 Å². The molecule has 3 rings (SSSR count). The topological polar surface area (TPSA) is 55.1 Å². The summed E-state index contributed by atoms with van der Waals surface area (Å²) in [5.41, 5.74) is 8.59. The van der Waals surface area contributed by atoms with Gasteiger partial charge in [0, 0.05) is 10.0 Å². The summed E-state index contributed by atoms with van der Waals surface area (Å²) < 4.78 is 1.11. The minimum Gasteiger partial charge on any atom is -0.349 e. The van der Waals surface area contributed by atoms with Crippen LogP contribution in [0.3, 0.4) is 0 Å². The van der Waals surface area contributed by atoms with Crippen molar-refractivity contribution in [3.63, 3.8) is 0 Å². The predicted octanol–water partition coefficient (Wildman–Crippen LogP) is 3.88. The van der Waals surface area contributed by atoms with E-state index in [1.807, 2.05) is 6.92 Å². The van der Waals surface area contributed by atoms with Crippen molar-refractivity contribution in [2.75, 3.05) is 0 Å². The molecule has 1 saturated carbocycles. The Labute approximate surface area is 147 Å². The van der Waals surface area contributed by atoms with Gasteiger partial charge in [-0.2, -0.15) is 0 Å². The number of nitrogens with two attached hydrogens (primary N) is 1. The van der Waals surface area contributed by atoms with Crippen LogP contribution < -0.4 is 11.1 Å². The van der Waals surface area contributed by atoms with Gasteiger partial charge in [-0.25, -0.2) is 0 Å². The number of benzene rings is 1. The number of nitrogens with one attached hydrogen (secondary N) is 1. The predicted molar refractivity (Wildman–Crippen MR) is 95.1 cm³/mol. The van der Waals surface area contributed by atoms with Gasteiger partial charge in [0.1, 0.15) is 0 Å². The Morgan fingerprint density at radius 3 is 2.86 bits per heavy atom. The second-order valence-corrected chi connectivity index (χ2v) is 7.66. The summed E-state index contributed by atoms with van der Waals surface area (Å²) in [6, 6.07) is 6.49. The molecular formula is C17H24BrClN2O. The fourth-order valence-corrected chi connectivity index (χ4v) is 4.21. The molecule has 0 radical (unpaired) electrons. The van der Waals surface area contributed by atoms with Gasteiger partial charge in [0.05, 0.1) is 12.0 Å². The minimum atomic E-state index is -0.358. The average Bonchev–Trinajstić information content (AvgIpc) is 2.80. The fraction of sp³-hybridized carbons (Fsp3) is 0.588. The third-order valence-corrected chi connectivity index (χ3v) is 5.56. The average molecular weight is 388 g/mol. The monoisotopic (exact) mass is 386 g/mol. The van der Waals surface area contributed by atoms with Crippen LogP contribution in [-0.4, -0.2) is 11.4 Å². The number of rotatable bonds is 2. The maximum Gasteiger partial charge on any atom is 0.225 e. The first-order chi connectivity index (χ1) is 9.97. The second kappa shape index (κ2) is 6.90. The van der Waals surface area contributed by atoms with E-state index in [9.17, 15) is 4.79 Å². The van der Waals surface area contributed by atoms with E-state index in [1.54, 1.807) is 0 Å². The Morgan fingerprint density at radius 1 is 1.36 bits per heavy atom. The van der Waals surface area contributed by atoms with Crippen molar-refractivity contribution in [1.29, 1.82) is 0 Å². The van der Waals surface area contributed by atoms with Crippen molar-refractivity contribution in [3.8, 4) is 0 Å². The van der Waals surface area contributed by atoms with Crippen molar-refractivity contribution < 1.29 is 4.79 Å². The van der Waals surface area contributed by atoms with Gasteiger partial charge >= 0.3 is 0 Å². The summed E-state index contributed by atoms with van der Waals surface area (Å²) in [4.78, 5) is 12.6. The highest BCUT2D eigenvalue weighted by molar-refractivity contribution is 9.10. The lowest BCUT2D eigenvalue weighted by Crippen LogP contribution is -2.53. The van der Waals surface area contributed by atoms with E-state index in [-0.39, 0.29) is 35.8 Å². The summed E-state index contributed by atoms with van der Waals surface area (Å²) in [5.74, 6) is 0.0891. The number of carbonyl (C=O) groups is 1. The molecule has 2 aliphatic carbocycles. The number of halogens is 2. The molecule has 0 bridgehead atoms. The van der Waals surface area contributed by atoms with Crippen LogP contribution in [0, 0.1) is 5.92 Å². The second-order valence-electron chi connectivity index (χ2n) is 6.75. The van der Waals surface area contributed by atoms with E-state index in [0.717, 1.165) is 43.0 Å². The van der Waals surface area contributed by atoms with Crippen LogP contribution in [0.1, 0.15) is 56.2 Å². The van der Waals surface area contributed by atoms with Crippen molar-refractivity contribution in [2.24, 2.45) is 11.7 Å². The summed E-state index contributed by atoms with van der Waals surface area (Å²) in [6.07, 6.45) is 6.13. The zero-order valence-electron chi connectivity index (χ0n) is 12.9. The lowest BCUT2D eigenvalue weighted by Gasteiger charge is -2.37. The molecule has 5 heteroatoms. The van der Waals surface area contributed by atoms with Crippen LogP contribution in [0.2, 0.25) is 0 Å².